The third-order valence-electron chi connectivity index (χ3n) is 3.41. The number of hydrogen-bond donors (Lipinski definition) is 2. The lowest BCUT2D eigenvalue weighted by molar-refractivity contribution is 0.0937. The minimum atomic E-state index is 0.0207. The van der Waals surface area contributed by atoms with E-state index in [0.29, 0.717) is 5.92 Å². The van der Waals surface area contributed by atoms with Crippen LogP contribution in [0.2, 0.25) is 0 Å². The summed E-state index contributed by atoms with van der Waals surface area (Å²) in [6, 6.07) is 6.03. The van der Waals surface area contributed by atoms with Crippen molar-refractivity contribution in [1.29, 1.82) is 0 Å². The second-order valence-corrected chi connectivity index (χ2v) is 5.91. The van der Waals surface area contributed by atoms with E-state index in [1.165, 1.54) is 0 Å². The van der Waals surface area contributed by atoms with Crippen molar-refractivity contribution < 1.29 is 4.79 Å². The van der Waals surface area contributed by atoms with Crippen LogP contribution in [-0.4, -0.2) is 18.5 Å². The maximum absolute atomic E-state index is 12.2. The largest absolute Gasteiger partial charge is 0.385 e. The molecule has 1 amide bonds. The lowest BCUT2D eigenvalue weighted by Gasteiger charge is -2.16. The molecule has 0 aliphatic rings. The first-order chi connectivity index (χ1) is 9.43. The van der Waals surface area contributed by atoms with Crippen LogP contribution in [-0.2, 0) is 0 Å². The second-order valence-electron chi connectivity index (χ2n) is 5.91. The summed E-state index contributed by atoms with van der Waals surface area (Å²) in [5.41, 5.74) is 2.94. The average Bonchev–Trinajstić information content (AvgIpc) is 2.39. The highest BCUT2D eigenvalue weighted by Crippen LogP contribution is 2.16. The number of carbonyl (C=O) groups is 1. The number of amides is 1. The smallest absolute Gasteiger partial charge is 0.251 e. The molecule has 1 rings (SSSR count). The zero-order chi connectivity index (χ0) is 15.1. The Labute approximate surface area is 123 Å². The summed E-state index contributed by atoms with van der Waals surface area (Å²) >= 11 is 0. The van der Waals surface area contributed by atoms with E-state index in [4.69, 9.17) is 0 Å². The van der Waals surface area contributed by atoms with Gasteiger partial charge in [0.2, 0.25) is 0 Å². The van der Waals surface area contributed by atoms with Crippen LogP contribution < -0.4 is 10.6 Å². The summed E-state index contributed by atoms with van der Waals surface area (Å²) in [7, 11) is 0. The first-order valence-electron chi connectivity index (χ1n) is 7.59. The Morgan fingerprint density at radius 3 is 2.45 bits per heavy atom. The molecule has 0 fully saturated rings. The quantitative estimate of drug-likeness (QED) is 0.791. The number of nitrogens with one attached hydrogen (secondary N) is 2. The van der Waals surface area contributed by atoms with Crippen LogP contribution in [0.25, 0.3) is 0 Å². The molecule has 20 heavy (non-hydrogen) atoms. The average molecular weight is 276 g/mol. The molecule has 0 heterocycles. The van der Waals surface area contributed by atoms with Gasteiger partial charge in [0.25, 0.3) is 5.91 Å². The number of anilines is 1. The minimum absolute atomic E-state index is 0.0207. The fourth-order valence-electron chi connectivity index (χ4n) is 2.16. The van der Waals surface area contributed by atoms with Crippen LogP contribution in [0.1, 0.15) is 56.5 Å². The Kier molecular flexibility index (Phi) is 6.56. The lowest BCUT2D eigenvalue weighted by atomic mass is 10.0. The molecule has 2 N–H and O–H groups in total. The van der Waals surface area contributed by atoms with Crippen LogP contribution in [0.4, 0.5) is 5.69 Å². The summed E-state index contributed by atoms with van der Waals surface area (Å²) in [5, 5.41) is 6.35. The van der Waals surface area contributed by atoms with E-state index in [2.05, 4.69) is 38.3 Å². The summed E-state index contributed by atoms with van der Waals surface area (Å²) in [6.07, 6.45) is 2.16. The van der Waals surface area contributed by atoms with Crippen LogP contribution in [0, 0.1) is 12.8 Å². The Hall–Kier alpha value is -1.51. The highest BCUT2D eigenvalue weighted by molar-refractivity contribution is 5.95. The standard InChI is InChI=1S/C17H28N2O/c1-6-18-16-10-9-15(11-13(16)4)17(20)19-14(5)8-7-12(2)3/h9-12,14,18H,6-8H2,1-5H3,(H,19,20). The predicted molar refractivity (Wildman–Crippen MR) is 86.3 cm³/mol. The van der Waals surface area contributed by atoms with Gasteiger partial charge in [-0.05, 0) is 63.3 Å². The van der Waals surface area contributed by atoms with Gasteiger partial charge in [-0.1, -0.05) is 13.8 Å². The van der Waals surface area contributed by atoms with E-state index in [1.54, 1.807) is 0 Å². The summed E-state index contributed by atoms with van der Waals surface area (Å²) < 4.78 is 0. The van der Waals surface area contributed by atoms with E-state index in [1.807, 2.05) is 25.1 Å². The van der Waals surface area contributed by atoms with Gasteiger partial charge in [0, 0.05) is 23.8 Å². The monoisotopic (exact) mass is 276 g/mol. The molecular formula is C17H28N2O. The predicted octanol–water partition coefficient (Wildman–Crippen LogP) is 3.98. The third kappa shape index (κ3) is 5.24. The fourth-order valence-corrected chi connectivity index (χ4v) is 2.16. The zero-order valence-electron chi connectivity index (χ0n) is 13.4. The molecule has 0 saturated carbocycles. The number of benzene rings is 1. The molecule has 112 valence electrons. The molecule has 1 atom stereocenters. The molecule has 3 nitrogen and oxygen atoms in total. The second kappa shape index (κ2) is 7.93. The summed E-state index contributed by atoms with van der Waals surface area (Å²) in [5.74, 6) is 0.698. The maximum Gasteiger partial charge on any atom is 0.251 e. The van der Waals surface area contributed by atoms with Gasteiger partial charge in [0.1, 0.15) is 0 Å². The van der Waals surface area contributed by atoms with Gasteiger partial charge in [0.05, 0.1) is 0 Å². The first-order valence-corrected chi connectivity index (χ1v) is 7.59. The first kappa shape index (κ1) is 16.5. The number of aryl methyl sites for hydroxylation is 1. The van der Waals surface area contributed by atoms with E-state index in [9.17, 15) is 4.79 Å². The summed E-state index contributed by atoms with van der Waals surface area (Å²) in [4.78, 5) is 12.2. The Balaban J connectivity index is 2.61. The van der Waals surface area contributed by atoms with Gasteiger partial charge >= 0.3 is 0 Å². The molecule has 0 saturated heterocycles. The van der Waals surface area contributed by atoms with Crippen LogP contribution in [0.5, 0.6) is 0 Å². The normalized spacial score (nSPS) is 12.3. The molecule has 1 unspecified atom stereocenters. The van der Waals surface area contributed by atoms with Gasteiger partial charge in [-0.15, -0.1) is 0 Å². The highest BCUT2D eigenvalue weighted by Gasteiger charge is 2.11. The van der Waals surface area contributed by atoms with Crippen LogP contribution in [0.3, 0.4) is 0 Å². The maximum atomic E-state index is 12.2. The van der Waals surface area contributed by atoms with E-state index < -0.39 is 0 Å². The molecule has 3 heteroatoms. The van der Waals surface area contributed by atoms with Crippen molar-refractivity contribution >= 4 is 11.6 Å². The van der Waals surface area contributed by atoms with Crippen molar-refractivity contribution in [3.63, 3.8) is 0 Å². The Bertz CT molecular complexity index is 441. The number of rotatable bonds is 7. The molecule has 0 aliphatic heterocycles. The van der Waals surface area contributed by atoms with Crippen molar-refractivity contribution in [2.45, 2.75) is 53.5 Å². The van der Waals surface area contributed by atoms with E-state index >= 15 is 0 Å². The Morgan fingerprint density at radius 1 is 1.20 bits per heavy atom. The SMILES string of the molecule is CCNc1ccc(C(=O)NC(C)CCC(C)C)cc1C. The topological polar surface area (TPSA) is 41.1 Å². The highest BCUT2D eigenvalue weighted by atomic mass is 16.1. The molecule has 1 aromatic rings. The van der Waals surface area contributed by atoms with Crippen molar-refractivity contribution in [2.24, 2.45) is 5.92 Å². The van der Waals surface area contributed by atoms with Crippen LogP contribution in [0.15, 0.2) is 18.2 Å². The number of hydrogen-bond acceptors (Lipinski definition) is 2. The van der Waals surface area contributed by atoms with Gasteiger partial charge in [-0.25, -0.2) is 0 Å². The third-order valence-corrected chi connectivity index (χ3v) is 3.41. The van der Waals surface area contributed by atoms with Crippen LogP contribution >= 0.6 is 0 Å². The molecule has 0 aliphatic carbocycles. The number of carbonyl (C=O) groups excluding carboxylic acids is 1. The van der Waals surface area contributed by atoms with E-state index in [0.717, 1.165) is 36.2 Å². The molecule has 0 aromatic heterocycles. The molecule has 0 bridgehead atoms. The fraction of sp³-hybridized carbons (Fsp3) is 0.588. The van der Waals surface area contributed by atoms with Crippen molar-refractivity contribution in [1.82, 2.24) is 5.32 Å². The Morgan fingerprint density at radius 2 is 1.90 bits per heavy atom. The van der Waals surface area contributed by atoms with Gasteiger partial charge in [-0.2, -0.15) is 0 Å². The molecule has 0 spiro atoms. The van der Waals surface area contributed by atoms with Gasteiger partial charge in [-0.3, -0.25) is 4.79 Å². The molecule has 1 aromatic carbocycles. The van der Waals surface area contributed by atoms with Crippen molar-refractivity contribution in [3.05, 3.63) is 29.3 Å². The van der Waals surface area contributed by atoms with Crippen molar-refractivity contribution in [2.75, 3.05) is 11.9 Å². The van der Waals surface area contributed by atoms with Gasteiger partial charge < -0.3 is 10.6 Å². The van der Waals surface area contributed by atoms with E-state index in [-0.39, 0.29) is 11.9 Å². The minimum Gasteiger partial charge on any atom is -0.385 e. The lowest BCUT2D eigenvalue weighted by Crippen LogP contribution is -2.32. The van der Waals surface area contributed by atoms with Crippen molar-refractivity contribution in [3.8, 4) is 0 Å². The zero-order valence-corrected chi connectivity index (χ0v) is 13.4. The molecule has 0 radical (unpaired) electrons. The van der Waals surface area contributed by atoms with Gasteiger partial charge in [0.15, 0.2) is 0 Å². The summed E-state index contributed by atoms with van der Waals surface area (Å²) in [6.45, 7) is 11.5. The molecular weight excluding hydrogens is 248 g/mol.